The molecule has 2 heterocycles. The molecule has 1 atom stereocenters. The molecule has 2 saturated heterocycles. The maximum absolute atomic E-state index is 13.2. The predicted octanol–water partition coefficient (Wildman–Crippen LogP) is 2.94. The quantitative estimate of drug-likeness (QED) is 0.899. The van der Waals surface area contributed by atoms with Crippen LogP contribution in [0.3, 0.4) is 0 Å². The predicted molar refractivity (Wildman–Crippen MR) is 102 cm³/mol. The molecule has 1 aromatic carbocycles. The fourth-order valence-corrected chi connectivity index (χ4v) is 3.93. The van der Waals surface area contributed by atoms with E-state index in [4.69, 9.17) is 4.74 Å². The standard InChI is InChI=1S/C20H29N3O3/c1-5-22(16-8-11-26-20(3,4)13-16)18(24)15-7-6-14(2)17(12-15)23-10-9-21-19(23)25/h6-7,12,16H,5,8-11,13H2,1-4H3,(H,21,25)/t16-/m0/s1. The van der Waals surface area contributed by atoms with E-state index in [1.807, 2.05) is 36.9 Å². The minimum absolute atomic E-state index is 0.0241. The molecule has 3 amide bonds. The molecule has 0 unspecified atom stereocenters. The Hall–Kier alpha value is -2.08. The minimum Gasteiger partial charge on any atom is -0.375 e. The van der Waals surface area contributed by atoms with Gasteiger partial charge in [0.25, 0.3) is 5.91 Å². The van der Waals surface area contributed by atoms with Gasteiger partial charge in [-0.15, -0.1) is 0 Å². The topological polar surface area (TPSA) is 61.9 Å². The van der Waals surface area contributed by atoms with Gasteiger partial charge in [0.15, 0.2) is 0 Å². The third-order valence-electron chi connectivity index (χ3n) is 5.32. The van der Waals surface area contributed by atoms with E-state index in [1.54, 1.807) is 4.90 Å². The van der Waals surface area contributed by atoms with Crippen LogP contribution in [0, 0.1) is 6.92 Å². The van der Waals surface area contributed by atoms with Crippen molar-refractivity contribution in [2.45, 2.75) is 52.2 Å². The van der Waals surface area contributed by atoms with Crippen molar-refractivity contribution in [3.8, 4) is 0 Å². The highest BCUT2D eigenvalue weighted by Gasteiger charge is 2.34. The second-order valence-electron chi connectivity index (χ2n) is 7.73. The van der Waals surface area contributed by atoms with Gasteiger partial charge in [-0.1, -0.05) is 6.07 Å². The number of amides is 3. The average molecular weight is 359 g/mol. The zero-order valence-electron chi connectivity index (χ0n) is 16.2. The van der Waals surface area contributed by atoms with Crippen molar-refractivity contribution in [3.63, 3.8) is 0 Å². The number of hydrogen-bond donors (Lipinski definition) is 1. The van der Waals surface area contributed by atoms with E-state index in [2.05, 4.69) is 19.2 Å². The van der Waals surface area contributed by atoms with Crippen LogP contribution >= 0.6 is 0 Å². The van der Waals surface area contributed by atoms with Gasteiger partial charge in [0.2, 0.25) is 0 Å². The highest BCUT2D eigenvalue weighted by molar-refractivity contribution is 5.99. The van der Waals surface area contributed by atoms with Gasteiger partial charge in [-0.2, -0.15) is 0 Å². The van der Waals surface area contributed by atoms with Crippen LogP contribution in [0.1, 0.15) is 49.5 Å². The second-order valence-corrected chi connectivity index (χ2v) is 7.73. The lowest BCUT2D eigenvalue weighted by atomic mass is 9.92. The van der Waals surface area contributed by atoms with Crippen LogP contribution in [0.2, 0.25) is 0 Å². The zero-order valence-corrected chi connectivity index (χ0v) is 16.2. The Labute approximate surface area is 155 Å². The van der Waals surface area contributed by atoms with Gasteiger partial charge in [-0.3, -0.25) is 9.69 Å². The number of nitrogens with one attached hydrogen (secondary N) is 1. The number of ether oxygens (including phenoxy) is 1. The number of hydrogen-bond acceptors (Lipinski definition) is 3. The molecule has 2 aliphatic heterocycles. The fraction of sp³-hybridized carbons (Fsp3) is 0.600. The summed E-state index contributed by atoms with van der Waals surface area (Å²) < 4.78 is 5.80. The molecule has 2 aliphatic rings. The largest absolute Gasteiger partial charge is 0.375 e. The zero-order chi connectivity index (χ0) is 18.9. The molecule has 1 N–H and O–H groups in total. The van der Waals surface area contributed by atoms with Crippen LogP contribution in [0.4, 0.5) is 10.5 Å². The molecule has 142 valence electrons. The van der Waals surface area contributed by atoms with E-state index in [0.717, 1.165) is 24.1 Å². The molecule has 6 nitrogen and oxygen atoms in total. The van der Waals surface area contributed by atoms with Gasteiger partial charge in [-0.05, 0) is 58.2 Å². The van der Waals surface area contributed by atoms with E-state index < -0.39 is 0 Å². The van der Waals surface area contributed by atoms with Crippen molar-refractivity contribution in [1.82, 2.24) is 10.2 Å². The summed E-state index contributed by atoms with van der Waals surface area (Å²) in [5.41, 5.74) is 2.24. The SMILES string of the molecule is CCN(C(=O)c1ccc(C)c(N2CCNC2=O)c1)[C@H]1CCOC(C)(C)C1. The summed E-state index contributed by atoms with van der Waals surface area (Å²) in [6.07, 6.45) is 1.69. The number of carbonyl (C=O) groups is 2. The Balaban J connectivity index is 1.85. The molecular formula is C20H29N3O3. The Morgan fingerprint density at radius 1 is 1.42 bits per heavy atom. The van der Waals surface area contributed by atoms with E-state index >= 15 is 0 Å². The minimum atomic E-state index is -0.206. The molecule has 0 radical (unpaired) electrons. The summed E-state index contributed by atoms with van der Waals surface area (Å²) in [6.45, 7) is 10.7. The Kier molecular flexibility index (Phi) is 5.23. The van der Waals surface area contributed by atoms with Crippen molar-refractivity contribution < 1.29 is 14.3 Å². The number of nitrogens with zero attached hydrogens (tertiary/aromatic N) is 2. The summed E-state index contributed by atoms with van der Waals surface area (Å²) in [7, 11) is 0. The van der Waals surface area contributed by atoms with Crippen LogP contribution in [-0.2, 0) is 4.74 Å². The van der Waals surface area contributed by atoms with Gasteiger partial charge in [0.05, 0.1) is 5.60 Å². The first-order valence-electron chi connectivity index (χ1n) is 9.43. The Morgan fingerprint density at radius 3 is 2.81 bits per heavy atom. The molecule has 0 aliphatic carbocycles. The summed E-state index contributed by atoms with van der Waals surface area (Å²) in [5.74, 6) is 0.0241. The fourth-order valence-electron chi connectivity index (χ4n) is 3.93. The smallest absolute Gasteiger partial charge is 0.322 e. The highest BCUT2D eigenvalue weighted by atomic mass is 16.5. The van der Waals surface area contributed by atoms with Gasteiger partial charge in [0, 0.05) is 43.5 Å². The van der Waals surface area contributed by atoms with Crippen LogP contribution in [0.25, 0.3) is 0 Å². The lowest BCUT2D eigenvalue weighted by molar-refractivity contribution is -0.0777. The molecule has 0 bridgehead atoms. The maximum atomic E-state index is 13.2. The van der Waals surface area contributed by atoms with Crippen molar-refractivity contribution in [2.24, 2.45) is 0 Å². The molecule has 2 fully saturated rings. The van der Waals surface area contributed by atoms with E-state index in [0.29, 0.717) is 31.8 Å². The molecule has 1 aromatic rings. The molecule has 0 aromatic heterocycles. The monoisotopic (exact) mass is 359 g/mol. The number of benzene rings is 1. The van der Waals surface area contributed by atoms with Crippen molar-refractivity contribution >= 4 is 17.6 Å². The molecule has 3 rings (SSSR count). The number of rotatable bonds is 4. The maximum Gasteiger partial charge on any atom is 0.322 e. The normalized spacial score (nSPS) is 22.2. The Morgan fingerprint density at radius 2 is 2.19 bits per heavy atom. The third-order valence-corrected chi connectivity index (χ3v) is 5.32. The van der Waals surface area contributed by atoms with Gasteiger partial charge >= 0.3 is 6.03 Å². The first-order chi connectivity index (χ1) is 12.3. The molecular weight excluding hydrogens is 330 g/mol. The number of aryl methyl sites for hydroxylation is 1. The van der Waals surface area contributed by atoms with Crippen molar-refractivity contribution in [3.05, 3.63) is 29.3 Å². The molecule has 26 heavy (non-hydrogen) atoms. The lowest BCUT2D eigenvalue weighted by Crippen LogP contribution is -2.48. The third kappa shape index (κ3) is 3.70. The average Bonchev–Trinajstić information content (AvgIpc) is 3.01. The van der Waals surface area contributed by atoms with Crippen molar-refractivity contribution in [1.29, 1.82) is 0 Å². The summed E-state index contributed by atoms with van der Waals surface area (Å²) in [5, 5.41) is 2.82. The lowest BCUT2D eigenvalue weighted by Gasteiger charge is -2.41. The molecule has 6 heteroatoms. The number of carbonyl (C=O) groups excluding carboxylic acids is 2. The van der Waals surface area contributed by atoms with Crippen LogP contribution in [0.5, 0.6) is 0 Å². The first kappa shape index (κ1) is 18.7. The Bertz CT molecular complexity index is 702. The van der Waals surface area contributed by atoms with Crippen LogP contribution in [0.15, 0.2) is 18.2 Å². The van der Waals surface area contributed by atoms with E-state index in [-0.39, 0.29) is 23.6 Å². The van der Waals surface area contributed by atoms with Crippen molar-refractivity contribution in [2.75, 3.05) is 31.1 Å². The second kappa shape index (κ2) is 7.27. The van der Waals surface area contributed by atoms with Crippen LogP contribution in [-0.4, -0.2) is 54.7 Å². The number of urea groups is 1. The van der Waals surface area contributed by atoms with Crippen LogP contribution < -0.4 is 10.2 Å². The van der Waals surface area contributed by atoms with Gasteiger partial charge in [-0.25, -0.2) is 4.79 Å². The summed E-state index contributed by atoms with van der Waals surface area (Å²) in [4.78, 5) is 28.9. The number of anilines is 1. The summed E-state index contributed by atoms with van der Waals surface area (Å²) in [6, 6.07) is 5.72. The highest BCUT2D eigenvalue weighted by Crippen LogP contribution is 2.29. The van der Waals surface area contributed by atoms with E-state index in [9.17, 15) is 9.59 Å². The van der Waals surface area contributed by atoms with E-state index in [1.165, 1.54) is 0 Å². The molecule has 0 saturated carbocycles. The summed E-state index contributed by atoms with van der Waals surface area (Å²) >= 11 is 0. The molecule has 0 spiro atoms. The van der Waals surface area contributed by atoms with Gasteiger partial charge < -0.3 is 15.0 Å². The van der Waals surface area contributed by atoms with Gasteiger partial charge in [0.1, 0.15) is 0 Å². The first-order valence-corrected chi connectivity index (χ1v) is 9.43.